The lowest BCUT2D eigenvalue weighted by Crippen LogP contribution is -2.33. The number of anilines is 2. The first-order valence-corrected chi connectivity index (χ1v) is 11.1. The molecule has 5 rings (SSSR count). The largest absolute Gasteiger partial charge is 0.439 e. The van der Waals surface area contributed by atoms with Gasteiger partial charge >= 0.3 is 12.2 Å². The number of benzene rings is 2. The molecule has 2 aromatic heterocycles. The Morgan fingerprint density at radius 1 is 1.11 bits per heavy atom. The molecule has 0 saturated carbocycles. The number of carbonyl (C=O) groups is 1. The van der Waals surface area contributed by atoms with Gasteiger partial charge in [-0.05, 0) is 55.3 Å². The first-order chi connectivity index (χ1) is 17.2. The number of nitrogens with one attached hydrogen (secondary N) is 1. The summed E-state index contributed by atoms with van der Waals surface area (Å²) in [5.74, 6) is 0.778. The second kappa shape index (κ2) is 9.15. The lowest BCUT2D eigenvalue weighted by atomic mass is 10.1. The van der Waals surface area contributed by atoms with Crippen LogP contribution in [0.25, 0.3) is 5.69 Å². The van der Waals surface area contributed by atoms with Crippen LogP contribution in [0.15, 0.2) is 61.3 Å². The fourth-order valence-corrected chi connectivity index (χ4v) is 4.03. The monoisotopic (exact) mass is 514 g/mol. The number of rotatable bonds is 4. The van der Waals surface area contributed by atoms with Crippen LogP contribution >= 0.6 is 11.6 Å². The minimum absolute atomic E-state index is 0.0187. The first-order valence-electron chi connectivity index (χ1n) is 10.8. The van der Waals surface area contributed by atoms with Crippen LogP contribution in [0.3, 0.4) is 0 Å². The standard InChI is InChI=1S/C24H18ClF3N6O2/c1-14-11-33(13-31-14)18-8-16(24(26,27)28)7-17(9-18)32-23(35)34-5-4-15-6-19(2-3-20(15)34)36-22-10-21(25)29-12-30-22/h2-3,6-13H,4-5H2,1H3,(H,32,35). The van der Waals surface area contributed by atoms with Crippen LogP contribution in [-0.4, -0.2) is 32.1 Å². The predicted molar refractivity (Wildman–Crippen MR) is 127 cm³/mol. The van der Waals surface area contributed by atoms with E-state index < -0.39 is 17.8 Å². The molecule has 1 aliphatic heterocycles. The Bertz CT molecular complexity index is 1460. The number of imidazole rings is 1. The Morgan fingerprint density at radius 2 is 1.94 bits per heavy atom. The minimum Gasteiger partial charge on any atom is -0.439 e. The number of carbonyl (C=O) groups excluding carboxylic acids is 1. The molecular weight excluding hydrogens is 497 g/mol. The van der Waals surface area contributed by atoms with E-state index in [1.54, 1.807) is 31.3 Å². The molecule has 0 fully saturated rings. The van der Waals surface area contributed by atoms with Crippen molar-refractivity contribution in [2.75, 3.05) is 16.8 Å². The second-order valence-electron chi connectivity index (χ2n) is 8.09. The summed E-state index contributed by atoms with van der Waals surface area (Å²) in [5, 5.41) is 2.85. The fourth-order valence-electron chi connectivity index (χ4n) is 3.90. The highest BCUT2D eigenvalue weighted by Gasteiger charge is 2.32. The van der Waals surface area contributed by atoms with Crippen molar-refractivity contribution in [3.8, 4) is 17.3 Å². The zero-order chi connectivity index (χ0) is 25.4. The molecule has 4 aromatic rings. The van der Waals surface area contributed by atoms with Crippen LogP contribution in [0.2, 0.25) is 5.15 Å². The molecule has 8 nitrogen and oxygen atoms in total. The van der Waals surface area contributed by atoms with E-state index in [2.05, 4.69) is 20.3 Å². The van der Waals surface area contributed by atoms with E-state index in [-0.39, 0.29) is 22.4 Å². The number of nitrogens with zero attached hydrogens (tertiary/aromatic N) is 5. The minimum atomic E-state index is -4.59. The van der Waals surface area contributed by atoms with Gasteiger partial charge in [-0.25, -0.2) is 19.7 Å². The molecule has 1 N–H and O–H groups in total. The SMILES string of the molecule is Cc1cn(-c2cc(NC(=O)N3CCc4cc(Oc5cc(Cl)ncn5)ccc43)cc(C(F)(F)F)c2)cn1. The smallest absolute Gasteiger partial charge is 0.416 e. The van der Waals surface area contributed by atoms with Crippen LogP contribution in [0, 0.1) is 6.92 Å². The maximum Gasteiger partial charge on any atom is 0.416 e. The van der Waals surface area contributed by atoms with Crippen molar-refractivity contribution in [3.05, 3.63) is 83.3 Å². The highest BCUT2D eigenvalue weighted by atomic mass is 35.5. The van der Waals surface area contributed by atoms with Gasteiger partial charge in [-0.1, -0.05) is 11.6 Å². The first kappa shape index (κ1) is 23.6. The Hall–Kier alpha value is -4.12. The molecule has 184 valence electrons. The van der Waals surface area contributed by atoms with Crippen molar-refractivity contribution in [2.24, 2.45) is 0 Å². The lowest BCUT2D eigenvalue weighted by molar-refractivity contribution is -0.137. The average Bonchev–Trinajstić information content (AvgIpc) is 3.44. The molecule has 2 aromatic carbocycles. The third kappa shape index (κ3) is 4.96. The molecule has 36 heavy (non-hydrogen) atoms. The second-order valence-corrected chi connectivity index (χ2v) is 8.48. The molecule has 0 radical (unpaired) electrons. The summed E-state index contributed by atoms with van der Waals surface area (Å²) in [7, 11) is 0. The third-order valence-corrected chi connectivity index (χ3v) is 5.74. The van der Waals surface area contributed by atoms with Crippen LogP contribution < -0.4 is 15.0 Å². The van der Waals surface area contributed by atoms with Gasteiger partial charge in [-0.15, -0.1) is 0 Å². The molecule has 0 spiro atoms. The Balaban J connectivity index is 1.37. The van der Waals surface area contributed by atoms with Crippen LogP contribution in [0.5, 0.6) is 11.6 Å². The van der Waals surface area contributed by atoms with Gasteiger partial charge < -0.3 is 14.6 Å². The summed E-state index contributed by atoms with van der Waals surface area (Å²) < 4.78 is 47.8. The Morgan fingerprint density at radius 3 is 2.67 bits per heavy atom. The topological polar surface area (TPSA) is 85.2 Å². The molecule has 3 heterocycles. The van der Waals surface area contributed by atoms with E-state index in [1.165, 1.54) is 34.3 Å². The number of ether oxygens (including phenoxy) is 1. The van der Waals surface area contributed by atoms with E-state index in [1.807, 2.05) is 0 Å². The summed E-state index contributed by atoms with van der Waals surface area (Å²) in [6.45, 7) is 2.09. The zero-order valence-electron chi connectivity index (χ0n) is 18.8. The van der Waals surface area contributed by atoms with Gasteiger partial charge in [0.2, 0.25) is 5.88 Å². The summed E-state index contributed by atoms with van der Waals surface area (Å²) in [6, 6.07) is 9.48. The van der Waals surface area contributed by atoms with Crippen LogP contribution in [0.4, 0.5) is 29.3 Å². The molecule has 2 amide bonds. The molecule has 0 aliphatic carbocycles. The van der Waals surface area contributed by atoms with Crippen molar-refractivity contribution < 1.29 is 22.7 Å². The van der Waals surface area contributed by atoms with Gasteiger partial charge in [0.25, 0.3) is 0 Å². The molecule has 0 unspecified atom stereocenters. The lowest BCUT2D eigenvalue weighted by Gasteiger charge is -2.20. The Labute approximate surface area is 208 Å². The van der Waals surface area contributed by atoms with Gasteiger partial charge in [0.15, 0.2) is 0 Å². The van der Waals surface area contributed by atoms with Crippen LogP contribution in [0.1, 0.15) is 16.8 Å². The molecule has 0 saturated heterocycles. The van der Waals surface area contributed by atoms with Crippen molar-refractivity contribution in [3.63, 3.8) is 0 Å². The van der Waals surface area contributed by atoms with E-state index in [0.29, 0.717) is 30.1 Å². The number of halogens is 4. The Kier molecular flexibility index (Phi) is 6.00. The summed E-state index contributed by atoms with van der Waals surface area (Å²) in [5.41, 5.74) is 1.51. The van der Waals surface area contributed by atoms with E-state index in [0.717, 1.165) is 17.7 Å². The molecule has 0 atom stereocenters. The normalized spacial score (nSPS) is 13.0. The number of urea groups is 1. The summed E-state index contributed by atoms with van der Waals surface area (Å²) in [6.07, 6.45) is 0.266. The van der Waals surface area contributed by atoms with Gasteiger partial charge in [-0.2, -0.15) is 13.2 Å². The number of alkyl halides is 3. The molecule has 1 aliphatic rings. The van der Waals surface area contributed by atoms with Gasteiger partial charge in [0.05, 0.1) is 17.6 Å². The number of amides is 2. The van der Waals surface area contributed by atoms with Gasteiger partial charge in [0, 0.05) is 35.9 Å². The van der Waals surface area contributed by atoms with E-state index in [4.69, 9.17) is 16.3 Å². The van der Waals surface area contributed by atoms with Gasteiger partial charge in [0.1, 0.15) is 17.2 Å². The third-order valence-electron chi connectivity index (χ3n) is 5.53. The van der Waals surface area contributed by atoms with Crippen molar-refractivity contribution in [1.82, 2.24) is 19.5 Å². The van der Waals surface area contributed by atoms with Gasteiger partial charge in [-0.3, -0.25) is 4.90 Å². The van der Waals surface area contributed by atoms with E-state index >= 15 is 0 Å². The molecular formula is C24H18ClF3N6O2. The van der Waals surface area contributed by atoms with Crippen molar-refractivity contribution in [2.45, 2.75) is 19.5 Å². The van der Waals surface area contributed by atoms with Crippen molar-refractivity contribution in [1.29, 1.82) is 0 Å². The number of hydrogen-bond acceptors (Lipinski definition) is 5. The van der Waals surface area contributed by atoms with Crippen LogP contribution in [-0.2, 0) is 12.6 Å². The fraction of sp³-hybridized carbons (Fsp3) is 0.167. The highest BCUT2D eigenvalue weighted by Crippen LogP contribution is 2.35. The maximum absolute atomic E-state index is 13.5. The zero-order valence-corrected chi connectivity index (χ0v) is 19.5. The summed E-state index contributed by atoms with van der Waals surface area (Å²) in [4.78, 5) is 26.4. The van der Waals surface area contributed by atoms with E-state index in [9.17, 15) is 18.0 Å². The number of hydrogen-bond donors (Lipinski definition) is 1. The van der Waals surface area contributed by atoms with Crippen molar-refractivity contribution >= 4 is 29.0 Å². The quantitative estimate of drug-likeness (QED) is 0.336. The number of aryl methyl sites for hydroxylation is 1. The highest BCUT2D eigenvalue weighted by molar-refractivity contribution is 6.29. The molecule has 12 heteroatoms. The number of aromatic nitrogens is 4. The summed E-state index contributed by atoms with van der Waals surface area (Å²) >= 11 is 5.86. The maximum atomic E-state index is 13.5. The number of fused-ring (bicyclic) bond motifs is 1. The molecule has 0 bridgehead atoms. The predicted octanol–water partition coefficient (Wildman–Crippen LogP) is 6.03. The average molecular weight is 515 g/mol.